The van der Waals surface area contributed by atoms with Gasteiger partial charge in [-0.3, -0.25) is 14.6 Å². The van der Waals surface area contributed by atoms with Gasteiger partial charge in [-0.05, 0) is 106 Å². The van der Waals surface area contributed by atoms with Crippen LogP contribution in [0, 0.1) is 40.7 Å². The average molecular weight is 696 g/mol. The fourth-order valence-corrected chi connectivity index (χ4v) is 9.59. The number of nitrogens with zero attached hydrogens (tertiary/aromatic N) is 5. The first-order valence-electron chi connectivity index (χ1n) is 18.2. The minimum Gasteiger partial charge on any atom is -0.469 e. The number of hydrogen-bond acceptors (Lipinski definition) is 8. The van der Waals surface area contributed by atoms with Gasteiger partial charge in [-0.25, -0.2) is 13.2 Å². The first-order chi connectivity index (χ1) is 24.0. The van der Waals surface area contributed by atoms with Crippen molar-refractivity contribution in [3.63, 3.8) is 0 Å². The van der Waals surface area contributed by atoms with E-state index >= 15 is 13.2 Å². The number of alkyl halides is 1. The maximum absolute atomic E-state index is 16.2. The average Bonchev–Trinajstić information content (AvgIpc) is 3.55. The molecule has 1 aliphatic carbocycles. The standard InChI is InChI=1S/C39H52F3N5O3/c1-44(2)23-30-19-36(35(41)18-29(30)22-43)47-25-38(42,26-47)24-45-12-10-31(11-13-45)39(27-46-14-16-50-17-15-46,32-7-5-8-33(40)21-32)34-9-4-6-28(34)20-37(48)49-3/h5,7-8,18-19,21,28,31,34H,4,6,9-17,20,23-27H2,1-3H3/t28-,34+,39+/m1/s1. The largest absolute Gasteiger partial charge is 0.469 e. The molecule has 4 fully saturated rings. The molecule has 4 aliphatic rings. The van der Waals surface area contributed by atoms with E-state index in [-0.39, 0.29) is 49.2 Å². The van der Waals surface area contributed by atoms with Crippen LogP contribution in [0.15, 0.2) is 36.4 Å². The summed E-state index contributed by atoms with van der Waals surface area (Å²) in [6.07, 6.45) is 4.95. The molecule has 3 saturated heterocycles. The molecule has 2 aromatic carbocycles. The summed E-state index contributed by atoms with van der Waals surface area (Å²) in [5, 5.41) is 9.51. The van der Waals surface area contributed by atoms with Gasteiger partial charge in [0.25, 0.3) is 0 Å². The van der Waals surface area contributed by atoms with E-state index in [2.05, 4.69) is 21.9 Å². The number of carbonyl (C=O) groups is 1. The first kappa shape index (κ1) is 36.6. The lowest BCUT2D eigenvalue weighted by atomic mass is 9.56. The second-order valence-corrected chi connectivity index (χ2v) is 15.4. The number of benzene rings is 2. The molecule has 0 bridgehead atoms. The van der Waals surface area contributed by atoms with Crippen LogP contribution >= 0.6 is 0 Å². The van der Waals surface area contributed by atoms with E-state index in [0.29, 0.717) is 50.5 Å². The molecule has 3 heterocycles. The molecule has 3 aliphatic heterocycles. The van der Waals surface area contributed by atoms with Crippen LogP contribution in [-0.4, -0.2) is 113 Å². The quantitative estimate of drug-likeness (QED) is 0.274. The van der Waals surface area contributed by atoms with Gasteiger partial charge in [0.15, 0.2) is 5.67 Å². The Bertz CT molecular complexity index is 1530. The Morgan fingerprint density at radius 3 is 2.46 bits per heavy atom. The monoisotopic (exact) mass is 695 g/mol. The summed E-state index contributed by atoms with van der Waals surface area (Å²) in [6, 6.07) is 12.1. The normalized spacial score (nSPS) is 24.5. The van der Waals surface area contributed by atoms with Crippen LogP contribution in [-0.2, 0) is 26.2 Å². The van der Waals surface area contributed by atoms with Crippen LogP contribution in [0.4, 0.5) is 18.9 Å². The van der Waals surface area contributed by atoms with Crippen LogP contribution in [0.5, 0.6) is 0 Å². The molecule has 0 amide bonds. The number of halogens is 3. The molecule has 2 aromatic rings. The lowest BCUT2D eigenvalue weighted by molar-refractivity contribution is -0.142. The molecule has 0 N–H and O–H groups in total. The van der Waals surface area contributed by atoms with Crippen LogP contribution in [0.3, 0.4) is 0 Å². The summed E-state index contributed by atoms with van der Waals surface area (Å²) >= 11 is 0. The highest BCUT2D eigenvalue weighted by atomic mass is 19.1. The molecule has 1 saturated carbocycles. The number of hydrogen-bond donors (Lipinski definition) is 0. The molecule has 0 unspecified atom stereocenters. The summed E-state index contributed by atoms with van der Waals surface area (Å²) in [7, 11) is 5.23. The van der Waals surface area contributed by atoms with Crippen molar-refractivity contribution in [3.05, 3.63) is 64.7 Å². The highest BCUT2D eigenvalue weighted by Crippen LogP contribution is 2.54. The van der Waals surface area contributed by atoms with Gasteiger partial charge in [0.05, 0.1) is 50.7 Å². The van der Waals surface area contributed by atoms with Gasteiger partial charge in [-0.2, -0.15) is 5.26 Å². The summed E-state index contributed by atoms with van der Waals surface area (Å²) in [6.45, 7) is 6.07. The predicted molar refractivity (Wildman–Crippen MR) is 187 cm³/mol. The molecule has 50 heavy (non-hydrogen) atoms. The first-order valence-corrected chi connectivity index (χ1v) is 18.2. The third kappa shape index (κ3) is 7.84. The molecule has 11 heteroatoms. The van der Waals surface area contributed by atoms with Gasteiger partial charge < -0.3 is 19.3 Å². The third-order valence-corrected chi connectivity index (χ3v) is 11.8. The third-order valence-electron chi connectivity index (χ3n) is 11.8. The maximum Gasteiger partial charge on any atom is 0.305 e. The molecule has 272 valence electrons. The number of morpholine rings is 1. The van der Waals surface area contributed by atoms with Crippen LogP contribution in [0.25, 0.3) is 0 Å². The van der Waals surface area contributed by atoms with Crippen molar-refractivity contribution in [1.82, 2.24) is 14.7 Å². The SMILES string of the molecule is COC(=O)C[C@H]1CCC[C@@H]1[C@](CN1CCOCC1)(c1cccc(F)c1)C1CCN(CC2(F)CN(c3cc(CN(C)C)c(C#N)cc3F)C2)CC1. The fourth-order valence-electron chi connectivity index (χ4n) is 9.59. The van der Waals surface area contributed by atoms with Gasteiger partial charge >= 0.3 is 5.97 Å². The smallest absolute Gasteiger partial charge is 0.305 e. The van der Waals surface area contributed by atoms with Crippen molar-refractivity contribution in [1.29, 1.82) is 5.26 Å². The number of ether oxygens (including phenoxy) is 2. The van der Waals surface area contributed by atoms with Crippen molar-refractivity contribution in [3.8, 4) is 6.07 Å². The van der Waals surface area contributed by atoms with E-state index in [1.54, 1.807) is 17.0 Å². The molecule has 8 nitrogen and oxygen atoms in total. The topological polar surface area (TPSA) is 72.3 Å². The predicted octanol–water partition coefficient (Wildman–Crippen LogP) is 5.39. The number of likely N-dealkylation sites (tertiary alicyclic amines) is 1. The van der Waals surface area contributed by atoms with E-state index in [9.17, 15) is 10.1 Å². The highest BCUT2D eigenvalue weighted by molar-refractivity contribution is 5.69. The lowest BCUT2D eigenvalue weighted by Crippen LogP contribution is -2.65. The van der Waals surface area contributed by atoms with E-state index in [1.165, 1.54) is 19.2 Å². The Labute approximate surface area is 295 Å². The molecule has 0 radical (unpaired) electrons. The van der Waals surface area contributed by atoms with E-state index in [4.69, 9.17) is 9.47 Å². The Hall–Kier alpha value is -3.17. The zero-order valence-corrected chi connectivity index (χ0v) is 29.8. The van der Waals surface area contributed by atoms with Crippen molar-refractivity contribution in [2.75, 3.05) is 91.7 Å². The number of piperidine rings is 1. The number of rotatable bonds is 12. The van der Waals surface area contributed by atoms with Gasteiger partial charge in [0.2, 0.25) is 0 Å². The van der Waals surface area contributed by atoms with E-state index in [0.717, 1.165) is 62.9 Å². The summed E-state index contributed by atoms with van der Waals surface area (Å²) in [5.74, 6) is -0.429. The number of esters is 1. The Balaban J connectivity index is 1.20. The van der Waals surface area contributed by atoms with Crippen molar-refractivity contribution in [2.24, 2.45) is 17.8 Å². The van der Waals surface area contributed by atoms with Gasteiger partial charge in [0, 0.05) is 44.6 Å². The summed E-state index contributed by atoms with van der Waals surface area (Å²) in [5.41, 5.74) is 0.500. The minimum atomic E-state index is -1.47. The van der Waals surface area contributed by atoms with Gasteiger partial charge in [0.1, 0.15) is 11.6 Å². The number of nitriles is 1. The molecule has 0 spiro atoms. The van der Waals surface area contributed by atoms with E-state index in [1.807, 2.05) is 25.1 Å². The highest BCUT2D eigenvalue weighted by Gasteiger charge is 2.53. The Morgan fingerprint density at radius 1 is 1.06 bits per heavy atom. The second kappa shape index (κ2) is 15.6. The minimum absolute atomic E-state index is 0.0959. The van der Waals surface area contributed by atoms with Crippen LogP contribution in [0.1, 0.15) is 55.2 Å². The number of carbonyl (C=O) groups excluding carboxylic acids is 1. The van der Waals surface area contributed by atoms with Gasteiger partial charge in [-0.15, -0.1) is 0 Å². The van der Waals surface area contributed by atoms with Crippen molar-refractivity contribution < 1.29 is 27.4 Å². The van der Waals surface area contributed by atoms with Gasteiger partial charge in [-0.1, -0.05) is 18.6 Å². The fraction of sp³-hybridized carbons (Fsp3) is 0.641. The molecular formula is C39H52F3N5O3. The second-order valence-electron chi connectivity index (χ2n) is 15.4. The molecule has 3 atom stereocenters. The lowest BCUT2D eigenvalue weighted by Gasteiger charge is -2.54. The van der Waals surface area contributed by atoms with Crippen molar-refractivity contribution in [2.45, 2.75) is 56.2 Å². The van der Waals surface area contributed by atoms with Crippen molar-refractivity contribution >= 4 is 11.7 Å². The number of anilines is 1. The van der Waals surface area contributed by atoms with Crippen LogP contribution < -0.4 is 4.90 Å². The Morgan fingerprint density at radius 2 is 1.80 bits per heavy atom. The molecule has 0 aromatic heterocycles. The number of methoxy groups -OCH3 is 1. The molecule has 6 rings (SSSR count). The summed E-state index contributed by atoms with van der Waals surface area (Å²) in [4.78, 5) is 21.0. The van der Waals surface area contributed by atoms with E-state index < -0.39 is 16.9 Å². The zero-order chi connectivity index (χ0) is 35.5. The summed E-state index contributed by atoms with van der Waals surface area (Å²) < 4.78 is 57.2. The molecular weight excluding hydrogens is 643 g/mol. The maximum atomic E-state index is 16.2. The zero-order valence-electron chi connectivity index (χ0n) is 29.8. The van der Waals surface area contributed by atoms with Crippen LogP contribution in [0.2, 0.25) is 0 Å². The Kier molecular flexibility index (Phi) is 11.4.